The SMILES string of the molecule is NCCC#Cc1ccc([N+](=O)[O-])c(C=O)c1. The van der Waals surface area contributed by atoms with E-state index in [0.29, 0.717) is 24.8 Å². The molecule has 0 aromatic heterocycles. The number of benzene rings is 1. The van der Waals surface area contributed by atoms with Crippen molar-refractivity contribution < 1.29 is 9.72 Å². The molecule has 1 aromatic rings. The molecule has 5 heteroatoms. The Bertz CT molecular complexity index is 472. The van der Waals surface area contributed by atoms with Crippen LogP contribution in [0.4, 0.5) is 5.69 Å². The normalized spacial score (nSPS) is 9.06. The first-order chi connectivity index (χ1) is 7.69. The van der Waals surface area contributed by atoms with Crippen LogP contribution in [-0.4, -0.2) is 17.8 Å². The number of nitro groups is 1. The number of hydrogen-bond acceptors (Lipinski definition) is 4. The summed E-state index contributed by atoms with van der Waals surface area (Å²) in [6, 6.07) is 4.18. The van der Waals surface area contributed by atoms with E-state index in [0.717, 1.165) is 0 Å². The average molecular weight is 218 g/mol. The predicted octanol–water partition coefficient (Wildman–Crippen LogP) is 1.11. The minimum Gasteiger partial charge on any atom is -0.330 e. The highest BCUT2D eigenvalue weighted by Crippen LogP contribution is 2.17. The van der Waals surface area contributed by atoms with Crippen molar-refractivity contribution in [3.8, 4) is 11.8 Å². The summed E-state index contributed by atoms with van der Waals surface area (Å²) in [5.41, 5.74) is 5.66. The molecule has 82 valence electrons. The van der Waals surface area contributed by atoms with Gasteiger partial charge < -0.3 is 5.73 Å². The molecule has 0 atom stereocenters. The van der Waals surface area contributed by atoms with Crippen molar-refractivity contribution in [1.29, 1.82) is 0 Å². The molecule has 5 nitrogen and oxygen atoms in total. The van der Waals surface area contributed by atoms with Crippen LogP contribution in [0.15, 0.2) is 18.2 Å². The maximum absolute atomic E-state index is 10.6. The van der Waals surface area contributed by atoms with Crippen LogP contribution in [0, 0.1) is 22.0 Å². The number of hydrogen-bond donors (Lipinski definition) is 1. The Morgan fingerprint density at radius 2 is 2.25 bits per heavy atom. The fourth-order valence-corrected chi connectivity index (χ4v) is 1.13. The van der Waals surface area contributed by atoms with E-state index in [1.165, 1.54) is 18.2 Å². The van der Waals surface area contributed by atoms with Gasteiger partial charge in [-0.15, -0.1) is 0 Å². The van der Waals surface area contributed by atoms with Gasteiger partial charge in [0.05, 0.1) is 10.5 Å². The number of nitrogens with zero attached hydrogens (tertiary/aromatic N) is 1. The van der Waals surface area contributed by atoms with Crippen molar-refractivity contribution in [2.24, 2.45) is 5.73 Å². The molecule has 0 spiro atoms. The maximum atomic E-state index is 10.6. The lowest BCUT2D eigenvalue weighted by atomic mass is 10.1. The molecule has 0 saturated carbocycles. The topological polar surface area (TPSA) is 86.2 Å². The summed E-state index contributed by atoms with van der Waals surface area (Å²) >= 11 is 0. The minimum atomic E-state index is -0.596. The average Bonchev–Trinajstić information content (AvgIpc) is 2.29. The van der Waals surface area contributed by atoms with Gasteiger partial charge >= 0.3 is 0 Å². The quantitative estimate of drug-likeness (QED) is 0.356. The fraction of sp³-hybridized carbons (Fsp3) is 0.182. The van der Waals surface area contributed by atoms with Crippen LogP contribution in [0.2, 0.25) is 0 Å². The van der Waals surface area contributed by atoms with Gasteiger partial charge in [0, 0.05) is 24.6 Å². The molecule has 0 aliphatic carbocycles. The van der Waals surface area contributed by atoms with Crippen LogP contribution in [0.5, 0.6) is 0 Å². The smallest absolute Gasteiger partial charge is 0.279 e. The molecule has 0 fully saturated rings. The molecule has 0 aliphatic heterocycles. The zero-order chi connectivity index (χ0) is 12.0. The van der Waals surface area contributed by atoms with Gasteiger partial charge in [-0.25, -0.2) is 0 Å². The van der Waals surface area contributed by atoms with Gasteiger partial charge in [-0.1, -0.05) is 11.8 Å². The van der Waals surface area contributed by atoms with E-state index in [-0.39, 0.29) is 11.3 Å². The summed E-state index contributed by atoms with van der Waals surface area (Å²) in [5.74, 6) is 5.57. The molecule has 0 heterocycles. The highest BCUT2D eigenvalue weighted by molar-refractivity contribution is 5.82. The van der Waals surface area contributed by atoms with Crippen molar-refractivity contribution >= 4 is 12.0 Å². The van der Waals surface area contributed by atoms with Crippen LogP contribution in [0.1, 0.15) is 22.3 Å². The lowest BCUT2D eigenvalue weighted by Gasteiger charge is -1.96. The van der Waals surface area contributed by atoms with Crippen molar-refractivity contribution in [3.05, 3.63) is 39.4 Å². The first kappa shape index (κ1) is 11.9. The van der Waals surface area contributed by atoms with Gasteiger partial charge in [0.25, 0.3) is 5.69 Å². The number of carbonyl (C=O) groups excluding carboxylic acids is 1. The Kier molecular flexibility index (Phi) is 4.18. The van der Waals surface area contributed by atoms with Crippen LogP contribution < -0.4 is 5.73 Å². The van der Waals surface area contributed by atoms with E-state index in [1.54, 1.807) is 0 Å². The summed E-state index contributed by atoms with van der Waals surface area (Å²) in [6.07, 6.45) is 1.000. The molecule has 1 rings (SSSR count). The maximum Gasteiger partial charge on any atom is 0.279 e. The predicted molar refractivity (Wildman–Crippen MR) is 59.0 cm³/mol. The van der Waals surface area contributed by atoms with E-state index < -0.39 is 4.92 Å². The number of rotatable bonds is 3. The van der Waals surface area contributed by atoms with E-state index >= 15 is 0 Å². The van der Waals surface area contributed by atoms with Crippen LogP contribution >= 0.6 is 0 Å². The summed E-state index contributed by atoms with van der Waals surface area (Å²) in [4.78, 5) is 20.6. The third kappa shape index (κ3) is 2.90. The second-order valence-corrected chi connectivity index (χ2v) is 2.99. The molecule has 1 aromatic carbocycles. The van der Waals surface area contributed by atoms with Gasteiger partial charge in [-0.05, 0) is 12.1 Å². The summed E-state index contributed by atoms with van der Waals surface area (Å²) in [6.45, 7) is 0.459. The third-order valence-electron chi connectivity index (χ3n) is 1.85. The molecular weight excluding hydrogens is 208 g/mol. The highest BCUT2D eigenvalue weighted by Gasteiger charge is 2.12. The van der Waals surface area contributed by atoms with Crippen LogP contribution in [-0.2, 0) is 0 Å². The Morgan fingerprint density at radius 1 is 1.50 bits per heavy atom. The molecular formula is C11H10N2O3. The summed E-state index contributed by atoms with van der Waals surface area (Å²) in [7, 11) is 0. The van der Waals surface area contributed by atoms with E-state index in [1.807, 2.05) is 0 Å². The lowest BCUT2D eigenvalue weighted by Crippen LogP contribution is -1.96. The van der Waals surface area contributed by atoms with Gasteiger partial charge in [0.15, 0.2) is 6.29 Å². The van der Waals surface area contributed by atoms with Crippen molar-refractivity contribution in [2.45, 2.75) is 6.42 Å². The van der Waals surface area contributed by atoms with E-state index in [4.69, 9.17) is 5.73 Å². The number of nitrogens with two attached hydrogens (primary N) is 1. The van der Waals surface area contributed by atoms with E-state index in [9.17, 15) is 14.9 Å². The Morgan fingerprint density at radius 3 is 2.81 bits per heavy atom. The minimum absolute atomic E-state index is 0.0320. The van der Waals surface area contributed by atoms with Gasteiger partial charge in [-0.2, -0.15) is 0 Å². The second kappa shape index (κ2) is 5.63. The third-order valence-corrected chi connectivity index (χ3v) is 1.85. The number of carbonyl (C=O) groups is 1. The van der Waals surface area contributed by atoms with Gasteiger partial charge in [0.2, 0.25) is 0 Å². The Hall–Kier alpha value is -2.19. The molecule has 0 unspecified atom stereocenters. The van der Waals surface area contributed by atoms with Crippen molar-refractivity contribution in [1.82, 2.24) is 0 Å². The molecule has 2 N–H and O–H groups in total. The first-order valence-electron chi connectivity index (χ1n) is 4.61. The Balaban J connectivity index is 3.06. The molecule has 0 saturated heterocycles. The second-order valence-electron chi connectivity index (χ2n) is 2.99. The largest absolute Gasteiger partial charge is 0.330 e. The first-order valence-corrected chi connectivity index (χ1v) is 4.61. The van der Waals surface area contributed by atoms with Crippen LogP contribution in [0.3, 0.4) is 0 Å². The molecule has 16 heavy (non-hydrogen) atoms. The zero-order valence-corrected chi connectivity index (χ0v) is 8.47. The lowest BCUT2D eigenvalue weighted by molar-refractivity contribution is -0.385. The van der Waals surface area contributed by atoms with Gasteiger partial charge in [-0.3, -0.25) is 14.9 Å². The van der Waals surface area contributed by atoms with Gasteiger partial charge in [0.1, 0.15) is 0 Å². The molecule has 0 aliphatic rings. The molecule has 0 radical (unpaired) electrons. The Labute approximate surface area is 92.4 Å². The number of nitro benzene ring substituents is 1. The highest BCUT2D eigenvalue weighted by atomic mass is 16.6. The number of aldehydes is 1. The molecule has 0 bridgehead atoms. The molecule has 0 amide bonds. The summed E-state index contributed by atoms with van der Waals surface area (Å²) < 4.78 is 0. The van der Waals surface area contributed by atoms with E-state index in [2.05, 4.69) is 11.8 Å². The fourth-order valence-electron chi connectivity index (χ4n) is 1.13. The van der Waals surface area contributed by atoms with Crippen molar-refractivity contribution in [3.63, 3.8) is 0 Å². The zero-order valence-electron chi connectivity index (χ0n) is 8.47. The monoisotopic (exact) mass is 218 g/mol. The standard InChI is InChI=1S/C11H10N2O3/c12-6-2-1-3-9-4-5-11(13(15)16)10(7-9)8-14/h4-5,7-8H,2,6,12H2. The van der Waals surface area contributed by atoms with Crippen molar-refractivity contribution in [2.75, 3.05) is 6.54 Å². The summed E-state index contributed by atoms with van der Waals surface area (Å²) in [5, 5.41) is 10.5. The van der Waals surface area contributed by atoms with Crippen LogP contribution in [0.25, 0.3) is 0 Å².